The van der Waals surface area contributed by atoms with Gasteiger partial charge in [-0.2, -0.15) is 0 Å². The van der Waals surface area contributed by atoms with Gasteiger partial charge in [-0.15, -0.1) is 24.9 Å². The Morgan fingerprint density at radius 3 is 2.29 bits per heavy atom. The van der Waals surface area contributed by atoms with Gasteiger partial charge in [0.2, 0.25) is 11.8 Å². The van der Waals surface area contributed by atoms with E-state index in [1.165, 1.54) is 0 Å². The van der Waals surface area contributed by atoms with E-state index in [0.29, 0.717) is 25.9 Å². The number of amides is 3. The van der Waals surface area contributed by atoms with Crippen LogP contribution >= 0.6 is 11.8 Å². The Morgan fingerprint density at radius 2 is 1.65 bits per heavy atom. The number of rotatable bonds is 12. The first-order chi connectivity index (χ1) is 23.1. The van der Waals surface area contributed by atoms with Gasteiger partial charge in [0.15, 0.2) is 0 Å². The first-order valence-corrected chi connectivity index (χ1v) is 17.5. The highest BCUT2D eigenvalue weighted by Gasteiger charge is 2.78. The summed E-state index contributed by atoms with van der Waals surface area (Å²) in [6, 6.07) is 23.6. The van der Waals surface area contributed by atoms with Gasteiger partial charge >= 0.3 is 0 Å². The summed E-state index contributed by atoms with van der Waals surface area (Å²) in [6.07, 6.45) is 4.75. The van der Waals surface area contributed by atoms with Crippen LogP contribution in [-0.4, -0.2) is 67.9 Å². The molecule has 6 atom stereocenters. The van der Waals surface area contributed by atoms with Gasteiger partial charge < -0.3 is 19.8 Å². The lowest BCUT2D eigenvalue weighted by Crippen LogP contribution is -2.56. The molecule has 8 heteroatoms. The molecular formula is C40H45N3O4S. The SMILES string of the molecule is C=CCN(Cc1ccccc1)C(=O)[C@H]1[C@H]2C(=O)N([C@H](CO)c3ccccc3)C(C(=O)N(CC=C)c3cc(C)ccc3C)C23CC[C@]1(C)S3. The zero-order valence-electron chi connectivity index (χ0n) is 28.0. The Morgan fingerprint density at radius 1 is 0.979 bits per heavy atom. The molecule has 0 radical (unpaired) electrons. The molecule has 1 N–H and O–H groups in total. The predicted octanol–water partition coefficient (Wildman–Crippen LogP) is 6.25. The highest BCUT2D eigenvalue weighted by Crippen LogP contribution is 2.72. The van der Waals surface area contributed by atoms with Crippen molar-refractivity contribution in [1.82, 2.24) is 9.80 Å². The van der Waals surface area contributed by atoms with Crippen molar-refractivity contribution >= 4 is 35.2 Å². The Labute approximate surface area is 288 Å². The van der Waals surface area contributed by atoms with E-state index in [1.54, 1.807) is 38.6 Å². The molecule has 3 aromatic rings. The molecule has 3 aromatic carbocycles. The van der Waals surface area contributed by atoms with E-state index in [2.05, 4.69) is 20.1 Å². The van der Waals surface area contributed by atoms with Gasteiger partial charge in [0.1, 0.15) is 6.04 Å². The maximum atomic E-state index is 15.3. The van der Waals surface area contributed by atoms with Crippen LogP contribution in [0.3, 0.4) is 0 Å². The van der Waals surface area contributed by atoms with Crippen LogP contribution in [0.2, 0.25) is 0 Å². The van der Waals surface area contributed by atoms with Gasteiger partial charge in [-0.3, -0.25) is 14.4 Å². The van der Waals surface area contributed by atoms with Crippen molar-refractivity contribution in [3.63, 3.8) is 0 Å². The Bertz CT molecular complexity index is 1710. The molecule has 7 nitrogen and oxygen atoms in total. The Hall–Kier alpha value is -4.14. The van der Waals surface area contributed by atoms with Crippen LogP contribution in [0.25, 0.3) is 0 Å². The summed E-state index contributed by atoms with van der Waals surface area (Å²) >= 11 is 1.64. The summed E-state index contributed by atoms with van der Waals surface area (Å²) in [5.74, 6) is -1.93. The van der Waals surface area contributed by atoms with E-state index >= 15 is 9.59 Å². The maximum Gasteiger partial charge on any atom is 0.251 e. The molecule has 48 heavy (non-hydrogen) atoms. The Balaban J connectivity index is 1.49. The van der Waals surface area contributed by atoms with Gasteiger partial charge in [-0.05, 0) is 61.9 Å². The summed E-state index contributed by atoms with van der Waals surface area (Å²) in [5, 5.41) is 10.9. The molecule has 3 aliphatic heterocycles. The number of aryl methyl sites for hydroxylation is 2. The fraction of sp³-hybridized carbons (Fsp3) is 0.375. The highest BCUT2D eigenvalue weighted by molar-refractivity contribution is 8.02. The monoisotopic (exact) mass is 663 g/mol. The van der Waals surface area contributed by atoms with E-state index < -0.39 is 33.4 Å². The van der Waals surface area contributed by atoms with Crippen molar-refractivity contribution in [2.75, 3.05) is 24.6 Å². The summed E-state index contributed by atoms with van der Waals surface area (Å²) in [4.78, 5) is 50.3. The highest BCUT2D eigenvalue weighted by atomic mass is 32.2. The lowest BCUT2D eigenvalue weighted by molar-refractivity contribution is -0.146. The average Bonchev–Trinajstić information content (AvgIpc) is 3.66. The second-order valence-electron chi connectivity index (χ2n) is 13.6. The van der Waals surface area contributed by atoms with Crippen molar-refractivity contribution in [1.29, 1.82) is 0 Å². The molecule has 0 saturated carbocycles. The summed E-state index contributed by atoms with van der Waals surface area (Å²) < 4.78 is -1.39. The van der Waals surface area contributed by atoms with Gasteiger partial charge in [0.25, 0.3) is 5.91 Å². The molecule has 3 aliphatic rings. The van der Waals surface area contributed by atoms with Crippen LogP contribution in [0.5, 0.6) is 0 Å². The molecule has 3 amide bonds. The van der Waals surface area contributed by atoms with Crippen LogP contribution in [-0.2, 0) is 20.9 Å². The number of aliphatic hydroxyl groups is 1. The number of anilines is 1. The maximum absolute atomic E-state index is 15.3. The van der Waals surface area contributed by atoms with Crippen molar-refractivity contribution in [3.05, 3.63) is 126 Å². The number of carbonyl (C=O) groups excluding carboxylic acids is 3. The molecule has 3 saturated heterocycles. The normalized spacial score (nSPS) is 26.2. The van der Waals surface area contributed by atoms with Crippen LogP contribution < -0.4 is 4.90 Å². The third kappa shape index (κ3) is 5.59. The van der Waals surface area contributed by atoms with E-state index in [0.717, 1.165) is 27.9 Å². The minimum absolute atomic E-state index is 0.0977. The van der Waals surface area contributed by atoms with E-state index in [1.807, 2.05) is 92.7 Å². The lowest BCUT2D eigenvalue weighted by Gasteiger charge is -2.40. The average molecular weight is 664 g/mol. The number of carbonyl (C=O) groups is 3. The second-order valence-corrected chi connectivity index (χ2v) is 15.5. The molecule has 6 rings (SSSR count). The number of nitrogens with zero attached hydrogens (tertiary/aromatic N) is 3. The Kier molecular flexibility index (Phi) is 9.42. The third-order valence-electron chi connectivity index (χ3n) is 10.5. The van der Waals surface area contributed by atoms with Gasteiger partial charge in [0, 0.05) is 30.1 Å². The molecule has 3 heterocycles. The third-order valence-corrected chi connectivity index (χ3v) is 12.5. The molecule has 3 fully saturated rings. The first kappa shape index (κ1) is 33.7. The van der Waals surface area contributed by atoms with Crippen molar-refractivity contribution in [2.45, 2.75) is 61.7 Å². The standard InChI is InChI=1S/C40H45N3O4S/c1-6-22-41(25-29-14-10-8-11-15-29)36(45)33-34-37(46)43(32(26-44)30-16-12-9-13-17-30)35(40(34)21-20-39(33,5)48-40)38(47)42(23-7-2)31-24-27(3)18-19-28(31)4/h6-19,24,32-35,44H,1-2,20-23,25-26H2,3-5H3/t32-,33-,34+,35?,39+,40?/m1/s1. The minimum atomic E-state index is -0.904. The van der Waals surface area contributed by atoms with E-state index in [-0.39, 0.29) is 30.9 Å². The first-order valence-electron chi connectivity index (χ1n) is 16.7. The predicted molar refractivity (Wildman–Crippen MR) is 192 cm³/mol. The number of hydrogen-bond donors (Lipinski definition) is 1. The fourth-order valence-corrected chi connectivity index (χ4v) is 10.7. The van der Waals surface area contributed by atoms with E-state index in [9.17, 15) is 9.90 Å². The molecule has 250 valence electrons. The zero-order valence-corrected chi connectivity index (χ0v) is 28.9. The number of hydrogen-bond acceptors (Lipinski definition) is 5. The smallest absolute Gasteiger partial charge is 0.251 e. The number of aliphatic hydroxyl groups excluding tert-OH is 1. The number of thioether (sulfide) groups is 1. The van der Waals surface area contributed by atoms with Crippen LogP contribution in [0.4, 0.5) is 5.69 Å². The van der Waals surface area contributed by atoms with E-state index in [4.69, 9.17) is 0 Å². The van der Waals surface area contributed by atoms with Crippen LogP contribution in [0.15, 0.2) is 104 Å². The topological polar surface area (TPSA) is 81.2 Å². The minimum Gasteiger partial charge on any atom is -0.394 e. The molecule has 2 bridgehead atoms. The zero-order chi connectivity index (χ0) is 34.2. The van der Waals surface area contributed by atoms with Gasteiger partial charge in [-0.25, -0.2) is 0 Å². The van der Waals surface area contributed by atoms with Crippen LogP contribution in [0.1, 0.15) is 48.1 Å². The number of benzene rings is 3. The quantitative estimate of drug-likeness (QED) is 0.232. The van der Waals surface area contributed by atoms with Crippen molar-refractivity contribution in [3.8, 4) is 0 Å². The molecule has 0 aromatic heterocycles. The molecule has 0 aliphatic carbocycles. The second kappa shape index (κ2) is 13.4. The fourth-order valence-electron chi connectivity index (χ4n) is 8.37. The lowest BCUT2D eigenvalue weighted by atomic mass is 9.66. The number of fused-ring (bicyclic) bond motifs is 1. The summed E-state index contributed by atoms with van der Waals surface area (Å²) in [5.41, 5.74) is 4.46. The number of likely N-dealkylation sites (tertiary alicyclic amines) is 1. The van der Waals surface area contributed by atoms with Crippen molar-refractivity contribution in [2.24, 2.45) is 11.8 Å². The largest absolute Gasteiger partial charge is 0.394 e. The van der Waals surface area contributed by atoms with Gasteiger partial charge in [0.05, 0.1) is 29.2 Å². The molecule has 2 unspecified atom stereocenters. The van der Waals surface area contributed by atoms with Crippen LogP contribution in [0, 0.1) is 25.7 Å². The van der Waals surface area contributed by atoms with Crippen molar-refractivity contribution < 1.29 is 19.5 Å². The molecular weight excluding hydrogens is 619 g/mol. The summed E-state index contributed by atoms with van der Waals surface area (Å²) in [6.45, 7) is 14.6. The summed E-state index contributed by atoms with van der Waals surface area (Å²) in [7, 11) is 0. The molecule has 1 spiro atoms. The van der Waals surface area contributed by atoms with Gasteiger partial charge in [-0.1, -0.05) is 84.9 Å².